The molecule has 0 spiro atoms. The standard InChI is InChI=1S/C19H13ClFN3O2/c1-25-13-5-2-4-12(10-13)23-9-8-17-14(11-22)19(24-26-17)18-15(20)6-3-7-16(18)21/h2-10,23H,1H3/b9-8+. The fraction of sp³-hybridized carbons (Fsp3) is 0.0526. The van der Waals surface area contributed by atoms with Crippen LogP contribution >= 0.6 is 11.6 Å². The second-order valence-electron chi connectivity index (χ2n) is 5.19. The van der Waals surface area contributed by atoms with E-state index < -0.39 is 5.82 Å². The fourth-order valence-electron chi connectivity index (χ4n) is 2.35. The van der Waals surface area contributed by atoms with Crippen LogP contribution in [0.1, 0.15) is 11.3 Å². The zero-order chi connectivity index (χ0) is 18.5. The summed E-state index contributed by atoms with van der Waals surface area (Å²) in [5.74, 6) is 0.321. The predicted octanol–water partition coefficient (Wildman–Crippen LogP) is 5.10. The van der Waals surface area contributed by atoms with Gasteiger partial charge < -0.3 is 14.6 Å². The Balaban J connectivity index is 1.88. The summed E-state index contributed by atoms with van der Waals surface area (Å²) in [6.07, 6.45) is 3.12. The van der Waals surface area contributed by atoms with Gasteiger partial charge in [-0.05, 0) is 24.3 Å². The number of anilines is 1. The Morgan fingerprint density at radius 2 is 2.12 bits per heavy atom. The first-order chi connectivity index (χ1) is 12.6. The van der Waals surface area contributed by atoms with Crippen LogP contribution in [0.3, 0.4) is 0 Å². The van der Waals surface area contributed by atoms with Gasteiger partial charge in [0.25, 0.3) is 0 Å². The van der Waals surface area contributed by atoms with E-state index in [0.717, 1.165) is 5.69 Å². The van der Waals surface area contributed by atoms with Crippen LogP contribution in [0.25, 0.3) is 17.3 Å². The molecule has 0 fully saturated rings. The van der Waals surface area contributed by atoms with Gasteiger partial charge in [-0.1, -0.05) is 28.9 Å². The molecule has 0 saturated heterocycles. The lowest BCUT2D eigenvalue weighted by Crippen LogP contribution is -1.90. The van der Waals surface area contributed by atoms with Crippen LogP contribution in [0.5, 0.6) is 5.75 Å². The van der Waals surface area contributed by atoms with Crippen molar-refractivity contribution in [2.45, 2.75) is 0 Å². The smallest absolute Gasteiger partial charge is 0.179 e. The number of methoxy groups -OCH3 is 1. The average Bonchev–Trinajstić information content (AvgIpc) is 3.04. The fourth-order valence-corrected chi connectivity index (χ4v) is 2.60. The van der Waals surface area contributed by atoms with Crippen molar-refractivity contribution in [1.82, 2.24) is 5.16 Å². The maximum absolute atomic E-state index is 14.1. The first kappa shape index (κ1) is 17.5. The molecule has 0 aliphatic carbocycles. The maximum Gasteiger partial charge on any atom is 0.179 e. The van der Waals surface area contributed by atoms with Gasteiger partial charge >= 0.3 is 0 Å². The van der Waals surface area contributed by atoms with Gasteiger partial charge in [0.15, 0.2) is 5.76 Å². The molecular formula is C19H13ClFN3O2. The van der Waals surface area contributed by atoms with Crippen LogP contribution < -0.4 is 10.1 Å². The Morgan fingerprint density at radius 3 is 2.85 bits per heavy atom. The Morgan fingerprint density at radius 1 is 1.31 bits per heavy atom. The van der Waals surface area contributed by atoms with E-state index in [-0.39, 0.29) is 27.6 Å². The molecule has 3 aromatic rings. The summed E-state index contributed by atoms with van der Waals surface area (Å²) in [4.78, 5) is 0. The topological polar surface area (TPSA) is 71.1 Å². The molecule has 0 amide bonds. The highest BCUT2D eigenvalue weighted by Crippen LogP contribution is 2.33. The molecule has 0 saturated carbocycles. The highest BCUT2D eigenvalue weighted by Gasteiger charge is 2.21. The molecule has 130 valence electrons. The molecule has 1 heterocycles. The summed E-state index contributed by atoms with van der Waals surface area (Å²) < 4.78 is 24.4. The Labute approximate surface area is 154 Å². The molecule has 0 radical (unpaired) electrons. The van der Waals surface area contributed by atoms with Crippen molar-refractivity contribution >= 4 is 23.4 Å². The minimum absolute atomic E-state index is 0.0369. The molecule has 2 aromatic carbocycles. The quantitative estimate of drug-likeness (QED) is 0.677. The zero-order valence-corrected chi connectivity index (χ0v) is 14.4. The van der Waals surface area contributed by atoms with Gasteiger partial charge in [0.2, 0.25) is 0 Å². The van der Waals surface area contributed by atoms with Crippen molar-refractivity contribution in [2.75, 3.05) is 12.4 Å². The first-order valence-corrected chi connectivity index (χ1v) is 7.93. The van der Waals surface area contributed by atoms with E-state index in [1.807, 2.05) is 24.3 Å². The molecule has 7 heteroatoms. The largest absolute Gasteiger partial charge is 0.497 e. The Hall–Kier alpha value is -3.30. The first-order valence-electron chi connectivity index (χ1n) is 7.55. The van der Waals surface area contributed by atoms with Crippen molar-refractivity contribution < 1.29 is 13.7 Å². The third-order valence-corrected chi connectivity index (χ3v) is 3.90. The van der Waals surface area contributed by atoms with Crippen LogP contribution in [-0.4, -0.2) is 12.3 Å². The SMILES string of the molecule is COc1cccc(N/C=C/c2onc(-c3c(F)cccc3Cl)c2C#N)c1. The lowest BCUT2D eigenvalue weighted by molar-refractivity contribution is 0.414. The summed E-state index contributed by atoms with van der Waals surface area (Å²) in [6.45, 7) is 0. The summed E-state index contributed by atoms with van der Waals surface area (Å²) in [7, 11) is 1.58. The van der Waals surface area contributed by atoms with Gasteiger partial charge in [0.05, 0.1) is 17.7 Å². The van der Waals surface area contributed by atoms with Crippen molar-refractivity contribution in [3.8, 4) is 23.1 Å². The minimum atomic E-state index is -0.577. The monoisotopic (exact) mass is 369 g/mol. The number of nitriles is 1. The number of hydrogen-bond acceptors (Lipinski definition) is 5. The highest BCUT2D eigenvalue weighted by molar-refractivity contribution is 6.33. The summed E-state index contributed by atoms with van der Waals surface area (Å²) in [5.41, 5.74) is 0.989. The molecule has 0 unspecified atom stereocenters. The summed E-state index contributed by atoms with van der Waals surface area (Å²) >= 11 is 6.04. The normalized spacial score (nSPS) is 10.7. The molecule has 1 N–H and O–H groups in total. The highest BCUT2D eigenvalue weighted by atomic mass is 35.5. The Kier molecular flexibility index (Phi) is 5.20. The molecule has 0 aliphatic heterocycles. The number of nitrogens with one attached hydrogen (secondary N) is 1. The van der Waals surface area contributed by atoms with Crippen LogP contribution in [0, 0.1) is 17.1 Å². The van der Waals surface area contributed by atoms with Crippen LogP contribution in [-0.2, 0) is 0 Å². The number of hydrogen-bond donors (Lipinski definition) is 1. The lowest BCUT2D eigenvalue weighted by atomic mass is 10.1. The number of halogens is 2. The molecule has 3 rings (SSSR count). The van der Waals surface area contributed by atoms with Crippen molar-refractivity contribution in [3.63, 3.8) is 0 Å². The molecule has 26 heavy (non-hydrogen) atoms. The van der Waals surface area contributed by atoms with Gasteiger partial charge in [-0.3, -0.25) is 0 Å². The number of benzene rings is 2. The maximum atomic E-state index is 14.1. The van der Waals surface area contributed by atoms with Crippen LogP contribution in [0.15, 0.2) is 53.2 Å². The van der Waals surface area contributed by atoms with Crippen LogP contribution in [0.2, 0.25) is 5.02 Å². The van der Waals surface area contributed by atoms with E-state index in [9.17, 15) is 9.65 Å². The number of aromatic nitrogens is 1. The van der Waals surface area contributed by atoms with E-state index in [1.165, 1.54) is 24.3 Å². The van der Waals surface area contributed by atoms with Gasteiger partial charge in [0.1, 0.15) is 28.9 Å². The Bertz CT molecular complexity index is 988. The van der Waals surface area contributed by atoms with Crippen molar-refractivity contribution in [2.24, 2.45) is 0 Å². The van der Waals surface area contributed by atoms with Crippen LogP contribution in [0.4, 0.5) is 10.1 Å². The molecule has 1 aromatic heterocycles. The average molecular weight is 370 g/mol. The molecule has 0 aliphatic rings. The van der Waals surface area contributed by atoms with Gasteiger partial charge in [-0.25, -0.2) is 4.39 Å². The predicted molar refractivity (Wildman–Crippen MR) is 97.3 cm³/mol. The molecular weight excluding hydrogens is 357 g/mol. The molecule has 5 nitrogen and oxygen atoms in total. The van der Waals surface area contributed by atoms with Gasteiger partial charge in [0, 0.05) is 24.0 Å². The van der Waals surface area contributed by atoms with E-state index in [1.54, 1.807) is 19.4 Å². The zero-order valence-electron chi connectivity index (χ0n) is 13.7. The minimum Gasteiger partial charge on any atom is -0.497 e. The third kappa shape index (κ3) is 3.53. The number of rotatable bonds is 5. The number of ether oxygens (including phenoxy) is 1. The lowest BCUT2D eigenvalue weighted by Gasteiger charge is -2.03. The molecule has 0 bridgehead atoms. The third-order valence-electron chi connectivity index (χ3n) is 3.58. The van der Waals surface area contributed by atoms with Crippen molar-refractivity contribution in [3.05, 3.63) is 70.8 Å². The molecule has 0 atom stereocenters. The van der Waals surface area contributed by atoms with E-state index in [2.05, 4.69) is 10.5 Å². The summed E-state index contributed by atoms with van der Waals surface area (Å²) in [6, 6.07) is 13.5. The van der Waals surface area contributed by atoms with Gasteiger partial charge in [-0.15, -0.1) is 0 Å². The second kappa shape index (κ2) is 7.72. The van der Waals surface area contributed by atoms with Gasteiger partial charge in [-0.2, -0.15) is 5.26 Å². The number of nitrogens with zero attached hydrogens (tertiary/aromatic N) is 2. The van der Waals surface area contributed by atoms with E-state index in [4.69, 9.17) is 20.9 Å². The van der Waals surface area contributed by atoms with E-state index >= 15 is 0 Å². The van der Waals surface area contributed by atoms with Crippen molar-refractivity contribution in [1.29, 1.82) is 5.26 Å². The summed E-state index contributed by atoms with van der Waals surface area (Å²) in [5, 5.41) is 16.4. The second-order valence-corrected chi connectivity index (χ2v) is 5.60. The van der Waals surface area contributed by atoms with E-state index in [0.29, 0.717) is 5.75 Å².